The molecule has 0 atom stereocenters. The third-order valence-corrected chi connectivity index (χ3v) is 5.15. The van der Waals surface area contributed by atoms with Crippen molar-refractivity contribution in [1.29, 1.82) is 0 Å². The molecule has 3 rings (SSSR count). The fourth-order valence-electron chi connectivity index (χ4n) is 3.43. The molecule has 0 amide bonds. The molecule has 1 heterocycles. The van der Waals surface area contributed by atoms with Crippen LogP contribution in [0, 0.1) is 0 Å². The van der Waals surface area contributed by atoms with Gasteiger partial charge in [-0.3, -0.25) is 9.59 Å². The van der Waals surface area contributed by atoms with Gasteiger partial charge in [-0.1, -0.05) is 60.7 Å². The summed E-state index contributed by atoms with van der Waals surface area (Å²) < 4.78 is 78.8. The molecular formula is C24H20F6N2O2. The summed E-state index contributed by atoms with van der Waals surface area (Å²) in [6.07, 6.45) is -7.86. The van der Waals surface area contributed by atoms with Crippen LogP contribution in [-0.4, -0.2) is 59.9 Å². The first kappa shape index (κ1) is 25.1. The van der Waals surface area contributed by atoms with E-state index in [2.05, 4.69) is 0 Å². The Morgan fingerprint density at radius 2 is 0.882 bits per heavy atom. The third kappa shape index (κ3) is 6.27. The van der Waals surface area contributed by atoms with Gasteiger partial charge >= 0.3 is 12.4 Å². The number of Topliss-reactive ketones (excluding diaryl/α,β-unsaturated/α-hetero) is 2. The van der Waals surface area contributed by atoms with E-state index in [0.29, 0.717) is 0 Å². The summed E-state index contributed by atoms with van der Waals surface area (Å²) >= 11 is 0. The van der Waals surface area contributed by atoms with Crippen molar-refractivity contribution in [3.63, 3.8) is 0 Å². The number of halogens is 6. The number of alkyl halides is 6. The second-order valence-corrected chi connectivity index (χ2v) is 7.54. The highest BCUT2D eigenvalue weighted by Gasteiger charge is 2.42. The maximum Gasteiger partial charge on any atom is 0.454 e. The van der Waals surface area contributed by atoms with E-state index >= 15 is 0 Å². The molecule has 1 aliphatic rings. The summed E-state index contributed by atoms with van der Waals surface area (Å²) in [6, 6.07) is 14.8. The van der Waals surface area contributed by atoms with Gasteiger partial charge in [0.15, 0.2) is 0 Å². The average Bonchev–Trinajstić information content (AvgIpc) is 2.81. The molecule has 0 bridgehead atoms. The van der Waals surface area contributed by atoms with E-state index in [1.54, 1.807) is 12.1 Å². The molecule has 0 saturated carbocycles. The van der Waals surface area contributed by atoms with Crippen LogP contribution < -0.4 is 0 Å². The summed E-state index contributed by atoms with van der Waals surface area (Å²) in [5.41, 5.74) is -0.827. The highest BCUT2D eigenvalue weighted by Crippen LogP contribution is 2.29. The van der Waals surface area contributed by atoms with Crippen molar-refractivity contribution in [2.24, 2.45) is 0 Å². The lowest BCUT2D eigenvalue weighted by Gasteiger charge is -2.34. The molecule has 0 radical (unpaired) electrons. The van der Waals surface area contributed by atoms with E-state index in [0.717, 1.165) is 12.4 Å². The third-order valence-electron chi connectivity index (χ3n) is 5.15. The van der Waals surface area contributed by atoms with Gasteiger partial charge < -0.3 is 9.80 Å². The van der Waals surface area contributed by atoms with Gasteiger partial charge in [-0.2, -0.15) is 26.3 Å². The maximum atomic E-state index is 13.1. The van der Waals surface area contributed by atoms with Crippen LogP contribution in [0.3, 0.4) is 0 Å². The molecule has 0 spiro atoms. The van der Waals surface area contributed by atoms with Crippen LogP contribution in [0.4, 0.5) is 26.3 Å². The molecule has 1 saturated heterocycles. The average molecular weight is 482 g/mol. The van der Waals surface area contributed by atoms with E-state index in [1.807, 2.05) is 0 Å². The van der Waals surface area contributed by atoms with Crippen molar-refractivity contribution >= 4 is 22.7 Å². The van der Waals surface area contributed by atoms with Crippen molar-refractivity contribution in [2.45, 2.75) is 12.4 Å². The number of nitrogens with zero attached hydrogens (tertiary/aromatic N) is 2. The summed E-state index contributed by atoms with van der Waals surface area (Å²) in [7, 11) is 0. The fraction of sp³-hybridized carbons (Fsp3) is 0.250. The predicted octanol–water partition coefficient (Wildman–Crippen LogP) is 4.95. The lowest BCUT2D eigenvalue weighted by atomic mass is 10.0. The van der Waals surface area contributed by atoms with Crippen LogP contribution in [0.25, 0.3) is 11.1 Å². The van der Waals surface area contributed by atoms with Crippen molar-refractivity contribution in [1.82, 2.24) is 9.80 Å². The Morgan fingerprint density at radius 3 is 1.15 bits per heavy atom. The van der Waals surface area contributed by atoms with Crippen LogP contribution in [0.1, 0.15) is 11.1 Å². The van der Waals surface area contributed by atoms with Crippen LogP contribution >= 0.6 is 0 Å². The maximum absolute atomic E-state index is 13.1. The minimum atomic E-state index is -5.06. The number of hydrogen-bond donors (Lipinski definition) is 0. The van der Waals surface area contributed by atoms with E-state index < -0.39 is 35.1 Å². The van der Waals surface area contributed by atoms with E-state index in [4.69, 9.17) is 0 Å². The van der Waals surface area contributed by atoms with Gasteiger partial charge in [0.25, 0.3) is 11.6 Å². The number of hydrogen-bond acceptors (Lipinski definition) is 4. The molecule has 1 fully saturated rings. The van der Waals surface area contributed by atoms with Crippen molar-refractivity contribution < 1.29 is 35.9 Å². The molecule has 2 aromatic rings. The monoisotopic (exact) mass is 482 g/mol. The Hall–Kier alpha value is -3.56. The number of benzene rings is 2. The predicted molar refractivity (Wildman–Crippen MR) is 114 cm³/mol. The molecular weight excluding hydrogens is 462 g/mol. The van der Waals surface area contributed by atoms with Crippen LogP contribution in [0.2, 0.25) is 0 Å². The number of ketones is 2. The van der Waals surface area contributed by atoms with Gasteiger partial charge in [-0.15, -0.1) is 0 Å². The zero-order valence-corrected chi connectivity index (χ0v) is 17.7. The van der Waals surface area contributed by atoms with Crippen LogP contribution in [0.5, 0.6) is 0 Å². The van der Waals surface area contributed by atoms with E-state index in [1.165, 1.54) is 58.3 Å². The highest BCUT2D eigenvalue weighted by molar-refractivity contribution is 6.23. The Bertz CT molecular complexity index is 981. The first-order valence-corrected chi connectivity index (χ1v) is 10.2. The largest absolute Gasteiger partial charge is 0.454 e. The zero-order chi connectivity index (χ0) is 24.9. The van der Waals surface area contributed by atoms with Gasteiger partial charge in [0.05, 0.1) is 11.1 Å². The van der Waals surface area contributed by atoms with Crippen LogP contribution in [0.15, 0.2) is 73.1 Å². The van der Waals surface area contributed by atoms with Crippen molar-refractivity contribution in [3.8, 4) is 0 Å². The standard InChI is InChI=1S/C24H20F6N2O2/c25-23(26,27)21(33)19(17-7-3-1-4-8-17)15-31-11-13-32(14-12-31)16-20(22(34)24(28,29)30)18-9-5-2-6-10-18/h1-10,15-16H,11-14H2/b19-15-,20-16+. The van der Waals surface area contributed by atoms with Crippen molar-refractivity contribution in [2.75, 3.05) is 26.2 Å². The Balaban J connectivity index is 1.82. The highest BCUT2D eigenvalue weighted by atomic mass is 19.4. The summed E-state index contributed by atoms with van der Waals surface area (Å²) in [5, 5.41) is 0. The Labute approximate surface area is 191 Å². The minimum absolute atomic E-state index is 0.106. The second-order valence-electron chi connectivity index (χ2n) is 7.54. The van der Waals surface area contributed by atoms with Gasteiger partial charge in [0, 0.05) is 38.6 Å². The lowest BCUT2D eigenvalue weighted by molar-refractivity contribution is -0.164. The van der Waals surface area contributed by atoms with Crippen molar-refractivity contribution in [3.05, 3.63) is 84.2 Å². The lowest BCUT2D eigenvalue weighted by Crippen LogP contribution is -2.42. The normalized spacial score (nSPS) is 15.9. The van der Waals surface area contributed by atoms with Gasteiger partial charge in [-0.25, -0.2) is 0 Å². The van der Waals surface area contributed by atoms with Gasteiger partial charge in [-0.05, 0) is 11.1 Å². The molecule has 1 aliphatic heterocycles. The van der Waals surface area contributed by atoms with Crippen LogP contribution in [-0.2, 0) is 9.59 Å². The summed E-state index contributed by atoms with van der Waals surface area (Å²) in [5.74, 6) is -3.97. The molecule has 0 aliphatic carbocycles. The first-order chi connectivity index (χ1) is 16.0. The number of carbonyl (C=O) groups is 2. The molecule has 0 aromatic heterocycles. The molecule has 2 aromatic carbocycles. The summed E-state index contributed by atoms with van der Waals surface area (Å²) in [4.78, 5) is 27.0. The summed E-state index contributed by atoms with van der Waals surface area (Å²) in [6.45, 7) is 0.557. The number of allylic oxidation sites excluding steroid dienone is 2. The number of piperazine rings is 1. The molecule has 0 unspecified atom stereocenters. The Morgan fingerprint density at radius 1 is 0.588 bits per heavy atom. The quantitative estimate of drug-likeness (QED) is 0.432. The molecule has 4 nitrogen and oxygen atoms in total. The van der Waals surface area contributed by atoms with E-state index in [-0.39, 0.29) is 37.3 Å². The topological polar surface area (TPSA) is 40.6 Å². The second kappa shape index (κ2) is 10.1. The number of rotatable bonds is 6. The minimum Gasteiger partial charge on any atom is -0.373 e. The van der Waals surface area contributed by atoms with E-state index in [9.17, 15) is 35.9 Å². The fourth-order valence-corrected chi connectivity index (χ4v) is 3.43. The first-order valence-electron chi connectivity index (χ1n) is 10.2. The zero-order valence-electron chi connectivity index (χ0n) is 17.7. The Kier molecular flexibility index (Phi) is 7.48. The van der Waals surface area contributed by atoms with Gasteiger partial charge in [0.1, 0.15) is 0 Å². The molecule has 34 heavy (non-hydrogen) atoms. The smallest absolute Gasteiger partial charge is 0.373 e. The molecule has 10 heteroatoms. The molecule has 0 N–H and O–H groups in total. The SMILES string of the molecule is O=C(/C(=C\N1CCN(/C=C(/C(=O)C(F)(F)F)c2ccccc2)CC1)c1ccccc1)C(F)(F)F. The molecule has 180 valence electrons. The number of carbonyl (C=O) groups excluding carboxylic acids is 2. The van der Waals surface area contributed by atoms with Gasteiger partial charge in [0.2, 0.25) is 0 Å².